The Bertz CT molecular complexity index is 993. The summed E-state index contributed by atoms with van der Waals surface area (Å²) < 4.78 is 14.9. The molecule has 1 fully saturated rings. The molecule has 3 rings (SSSR count). The lowest BCUT2D eigenvalue weighted by Crippen LogP contribution is -2.41. The average Bonchev–Trinajstić information content (AvgIpc) is 2.87. The third kappa shape index (κ3) is 7.37. The fourth-order valence-electron chi connectivity index (χ4n) is 3.62. The van der Waals surface area contributed by atoms with E-state index in [1.165, 1.54) is 6.08 Å². The van der Waals surface area contributed by atoms with Crippen molar-refractivity contribution in [1.82, 2.24) is 10.2 Å². The number of amides is 2. The number of piperidine rings is 1. The normalized spacial score (nSPS) is 14.0. The number of methoxy groups -OCH3 is 1. The maximum Gasteiger partial charge on any atom is 0.513 e. The molecule has 180 valence electrons. The summed E-state index contributed by atoms with van der Waals surface area (Å²) in [6, 6.07) is 13.9. The van der Waals surface area contributed by atoms with E-state index in [1.807, 2.05) is 29.2 Å². The summed E-state index contributed by atoms with van der Waals surface area (Å²) >= 11 is 0. The molecule has 0 spiro atoms. The smallest absolute Gasteiger partial charge is 0.497 e. The molecule has 0 unspecified atom stereocenters. The lowest BCUT2D eigenvalue weighted by Gasteiger charge is -2.32. The Kier molecular flexibility index (Phi) is 9.08. The highest BCUT2D eigenvalue weighted by atomic mass is 16.7. The van der Waals surface area contributed by atoms with E-state index >= 15 is 0 Å². The molecule has 1 N–H and O–H groups in total. The van der Waals surface area contributed by atoms with E-state index < -0.39 is 6.16 Å². The second kappa shape index (κ2) is 12.4. The van der Waals surface area contributed by atoms with Crippen LogP contribution in [0.5, 0.6) is 11.5 Å². The molecular weight excluding hydrogens is 436 g/mol. The summed E-state index contributed by atoms with van der Waals surface area (Å²) in [5.74, 6) is 1.21. The Morgan fingerprint density at radius 1 is 1.00 bits per heavy atom. The first kappa shape index (κ1) is 24.8. The molecule has 2 amide bonds. The van der Waals surface area contributed by atoms with Crippen LogP contribution in [0.3, 0.4) is 0 Å². The zero-order chi connectivity index (χ0) is 24.3. The molecule has 0 bridgehead atoms. The van der Waals surface area contributed by atoms with Gasteiger partial charge in [-0.3, -0.25) is 9.59 Å². The minimum Gasteiger partial charge on any atom is -0.497 e. The quantitative estimate of drug-likeness (QED) is 0.360. The van der Waals surface area contributed by atoms with Crippen molar-refractivity contribution in [3.8, 4) is 11.5 Å². The van der Waals surface area contributed by atoms with Crippen LogP contribution >= 0.6 is 0 Å². The zero-order valence-corrected chi connectivity index (χ0v) is 19.5. The van der Waals surface area contributed by atoms with Gasteiger partial charge in [0.2, 0.25) is 5.91 Å². The maximum absolute atomic E-state index is 12.8. The lowest BCUT2D eigenvalue weighted by molar-refractivity contribution is -0.116. The summed E-state index contributed by atoms with van der Waals surface area (Å²) in [7, 11) is 1.61. The van der Waals surface area contributed by atoms with Crippen molar-refractivity contribution in [2.75, 3.05) is 33.4 Å². The Labute approximate surface area is 199 Å². The number of carbonyl (C=O) groups is 3. The minimum atomic E-state index is -0.771. The standard InChI is InChI=1S/C26H30N2O6/c1-3-33-26(31)34-23-11-7-21(8-12-23)25(30)28-16-14-20(15-17-28)18-27-24(29)13-6-19-4-9-22(32-2)10-5-19/h4-13,20H,3,14-18H2,1-2H3,(H,27,29)/b13-6+. The molecule has 0 aliphatic carbocycles. The fraction of sp³-hybridized carbons (Fsp3) is 0.346. The van der Waals surface area contributed by atoms with Gasteiger partial charge in [-0.05, 0) is 73.7 Å². The van der Waals surface area contributed by atoms with E-state index in [0.717, 1.165) is 24.2 Å². The van der Waals surface area contributed by atoms with E-state index in [2.05, 4.69) is 5.32 Å². The summed E-state index contributed by atoms with van der Waals surface area (Å²) in [4.78, 5) is 38.1. The molecule has 8 heteroatoms. The van der Waals surface area contributed by atoms with Crippen molar-refractivity contribution in [2.24, 2.45) is 5.92 Å². The predicted molar refractivity (Wildman–Crippen MR) is 128 cm³/mol. The fourth-order valence-corrected chi connectivity index (χ4v) is 3.62. The van der Waals surface area contributed by atoms with E-state index in [1.54, 1.807) is 44.4 Å². The summed E-state index contributed by atoms with van der Waals surface area (Å²) in [5.41, 5.74) is 1.45. The van der Waals surface area contributed by atoms with Crippen LogP contribution < -0.4 is 14.8 Å². The molecule has 0 radical (unpaired) electrons. The van der Waals surface area contributed by atoms with Crippen molar-refractivity contribution in [1.29, 1.82) is 0 Å². The highest BCUT2D eigenvalue weighted by Crippen LogP contribution is 2.20. The van der Waals surface area contributed by atoms with Crippen LogP contribution in [0.2, 0.25) is 0 Å². The van der Waals surface area contributed by atoms with E-state index in [0.29, 0.717) is 36.9 Å². The SMILES string of the molecule is CCOC(=O)Oc1ccc(C(=O)N2CCC(CNC(=O)/C=C/c3ccc(OC)cc3)CC2)cc1. The largest absolute Gasteiger partial charge is 0.513 e. The van der Waals surface area contributed by atoms with Crippen LogP contribution in [0.4, 0.5) is 4.79 Å². The number of hydrogen-bond acceptors (Lipinski definition) is 6. The number of nitrogens with one attached hydrogen (secondary N) is 1. The van der Waals surface area contributed by atoms with Crippen LogP contribution in [0.25, 0.3) is 6.08 Å². The Morgan fingerprint density at radius 3 is 2.26 bits per heavy atom. The van der Waals surface area contributed by atoms with Crippen molar-refractivity contribution in [2.45, 2.75) is 19.8 Å². The van der Waals surface area contributed by atoms with E-state index in [9.17, 15) is 14.4 Å². The van der Waals surface area contributed by atoms with Gasteiger partial charge in [0.05, 0.1) is 13.7 Å². The molecule has 2 aromatic carbocycles. The first-order chi connectivity index (χ1) is 16.5. The van der Waals surface area contributed by atoms with Crippen molar-refractivity contribution in [3.63, 3.8) is 0 Å². The molecule has 1 saturated heterocycles. The van der Waals surface area contributed by atoms with Gasteiger partial charge in [0.15, 0.2) is 0 Å². The van der Waals surface area contributed by atoms with Crippen molar-refractivity contribution >= 4 is 24.0 Å². The average molecular weight is 467 g/mol. The van der Waals surface area contributed by atoms with Crippen molar-refractivity contribution in [3.05, 3.63) is 65.7 Å². The minimum absolute atomic E-state index is 0.0624. The topological polar surface area (TPSA) is 94.2 Å². The number of likely N-dealkylation sites (tertiary alicyclic amines) is 1. The van der Waals surface area contributed by atoms with Crippen LogP contribution in [-0.4, -0.2) is 56.2 Å². The van der Waals surface area contributed by atoms with Gasteiger partial charge < -0.3 is 24.4 Å². The van der Waals surface area contributed by atoms with Gasteiger partial charge in [0.1, 0.15) is 11.5 Å². The van der Waals surface area contributed by atoms with Crippen LogP contribution in [0.15, 0.2) is 54.6 Å². The number of carbonyl (C=O) groups excluding carboxylic acids is 3. The first-order valence-electron chi connectivity index (χ1n) is 11.3. The zero-order valence-electron chi connectivity index (χ0n) is 19.5. The number of hydrogen-bond donors (Lipinski definition) is 1. The van der Waals surface area contributed by atoms with Gasteiger partial charge in [-0.15, -0.1) is 0 Å². The molecule has 1 aliphatic rings. The summed E-state index contributed by atoms with van der Waals surface area (Å²) in [6.07, 6.45) is 4.15. The van der Waals surface area contributed by atoms with Gasteiger partial charge in [-0.1, -0.05) is 12.1 Å². The Balaban J connectivity index is 1.40. The predicted octanol–water partition coefficient (Wildman–Crippen LogP) is 3.91. The Hall–Kier alpha value is -3.81. The summed E-state index contributed by atoms with van der Waals surface area (Å²) in [5, 5.41) is 2.95. The monoisotopic (exact) mass is 466 g/mol. The van der Waals surface area contributed by atoms with E-state index in [4.69, 9.17) is 14.2 Å². The number of benzene rings is 2. The second-order valence-corrected chi connectivity index (χ2v) is 7.90. The second-order valence-electron chi connectivity index (χ2n) is 7.90. The molecule has 8 nitrogen and oxygen atoms in total. The maximum atomic E-state index is 12.8. The van der Waals surface area contributed by atoms with Gasteiger partial charge in [0, 0.05) is 31.3 Å². The number of ether oxygens (including phenoxy) is 3. The summed E-state index contributed by atoms with van der Waals surface area (Å²) in [6.45, 7) is 3.76. The highest BCUT2D eigenvalue weighted by Gasteiger charge is 2.24. The molecular formula is C26H30N2O6. The number of rotatable bonds is 8. The van der Waals surface area contributed by atoms with Crippen LogP contribution in [0.1, 0.15) is 35.7 Å². The van der Waals surface area contributed by atoms with Crippen LogP contribution in [0, 0.1) is 5.92 Å². The highest BCUT2D eigenvalue weighted by molar-refractivity contribution is 5.94. The molecule has 0 saturated carbocycles. The number of nitrogens with zero attached hydrogens (tertiary/aromatic N) is 1. The van der Waals surface area contributed by atoms with Gasteiger partial charge >= 0.3 is 6.16 Å². The molecule has 0 aromatic heterocycles. The molecule has 34 heavy (non-hydrogen) atoms. The Morgan fingerprint density at radius 2 is 1.65 bits per heavy atom. The van der Waals surface area contributed by atoms with Crippen molar-refractivity contribution < 1.29 is 28.6 Å². The van der Waals surface area contributed by atoms with E-state index in [-0.39, 0.29) is 18.4 Å². The van der Waals surface area contributed by atoms with Gasteiger partial charge in [-0.25, -0.2) is 4.79 Å². The molecule has 1 heterocycles. The van der Waals surface area contributed by atoms with Crippen LogP contribution in [-0.2, 0) is 9.53 Å². The molecule has 2 aromatic rings. The third-order valence-corrected chi connectivity index (χ3v) is 5.57. The molecule has 1 aliphatic heterocycles. The third-order valence-electron chi connectivity index (χ3n) is 5.57. The molecule has 0 atom stereocenters. The van der Waals surface area contributed by atoms with Gasteiger partial charge in [-0.2, -0.15) is 0 Å². The first-order valence-corrected chi connectivity index (χ1v) is 11.3. The lowest BCUT2D eigenvalue weighted by atomic mass is 9.96. The van der Waals surface area contributed by atoms with Gasteiger partial charge in [0.25, 0.3) is 5.91 Å².